The Morgan fingerprint density at radius 2 is 1.88 bits per heavy atom. The van der Waals surface area contributed by atoms with E-state index in [1.54, 1.807) is 31.4 Å². The first-order valence-electron chi connectivity index (χ1n) is 11.0. The average molecular weight is 491 g/mol. The van der Waals surface area contributed by atoms with E-state index >= 15 is 0 Å². The molecule has 2 amide bonds. The van der Waals surface area contributed by atoms with Crippen molar-refractivity contribution < 1.29 is 27.1 Å². The minimum atomic E-state index is -3.34. The van der Waals surface area contributed by atoms with Gasteiger partial charge in [-0.1, -0.05) is 32.9 Å². The zero-order chi connectivity index (χ0) is 25.3. The molecule has 0 aromatic heterocycles. The lowest BCUT2D eigenvalue weighted by Gasteiger charge is -2.36. The third-order valence-electron chi connectivity index (χ3n) is 5.88. The molecule has 0 aliphatic carbocycles. The van der Waals surface area contributed by atoms with Crippen LogP contribution in [-0.4, -0.2) is 50.8 Å². The van der Waals surface area contributed by atoms with Crippen LogP contribution >= 0.6 is 0 Å². The summed E-state index contributed by atoms with van der Waals surface area (Å²) in [6, 6.07) is 8.83. The number of methoxy groups -OCH3 is 1. The number of benzene rings is 2. The molecule has 0 fully saturated rings. The zero-order valence-electron chi connectivity index (χ0n) is 20.1. The molecule has 1 aliphatic rings. The molecule has 0 radical (unpaired) electrons. The summed E-state index contributed by atoms with van der Waals surface area (Å²) < 4.78 is 43.1. The Kier molecular flexibility index (Phi) is 7.35. The Labute approximate surface area is 200 Å². The van der Waals surface area contributed by atoms with E-state index in [4.69, 9.17) is 4.74 Å². The van der Waals surface area contributed by atoms with Crippen molar-refractivity contribution >= 4 is 27.3 Å². The van der Waals surface area contributed by atoms with Crippen molar-refractivity contribution in [1.29, 1.82) is 0 Å². The minimum absolute atomic E-state index is 0.219. The lowest BCUT2D eigenvalue weighted by molar-refractivity contribution is -0.139. The minimum Gasteiger partial charge on any atom is -0.497 e. The largest absolute Gasteiger partial charge is 0.497 e. The van der Waals surface area contributed by atoms with Gasteiger partial charge in [0, 0.05) is 24.9 Å². The van der Waals surface area contributed by atoms with Crippen LogP contribution in [0.3, 0.4) is 0 Å². The van der Waals surface area contributed by atoms with Gasteiger partial charge in [-0.3, -0.25) is 9.59 Å². The Morgan fingerprint density at radius 3 is 2.47 bits per heavy atom. The Hall–Kier alpha value is -2.94. The second-order valence-corrected chi connectivity index (χ2v) is 11.9. The SMILES string of the molecule is COc1ccc2c(c1)CCN(C(=O)CCS(C)(=O)=O)[C@H]2C(=O)Nc1ccc(C(C)(C)C)c(F)c1. The number of carbonyl (C=O) groups excluding carboxylic acids is 2. The van der Waals surface area contributed by atoms with Gasteiger partial charge in [-0.25, -0.2) is 12.8 Å². The lowest BCUT2D eigenvalue weighted by atomic mass is 9.86. The first-order chi connectivity index (χ1) is 15.8. The van der Waals surface area contributed by atoms with Gasteiger partial charge in [-0.15, -0.1) is 0 Å². The maximum atomic E-state index is 14.7. The topological polar surface area (TPSA) is 92.8 Å². The third-order valence-corrected chi connectivity index (χ3v) is 6.82. The first-order valence-corrected chi connectivity index (χ1v) is 13.1. The van der Waals surface area contributed by atoms with Crippen molar-refractivity contribution in [2.75, 3.05) is 31.0 Å². The van der Waals surface area contributed by atoms with Gasteiger partial charge in [0.25, 0.3) is 5.91 Å². The summed E-state index contributed by atoms with van der Waals surface area (Å²) in [5.74, 6) is -1.02. The van der Waals surface area contributed by atoms with Gasteiger partial charge in [0.2, 0.25) is 5.91 Å². The van der Waals surface area contributed by atoms with Crippen LogP contribution in [0, 0.1) is 5.82 Å². The second kappa shape index (κ2) is 9.74. The summed E-state index contributed by atoms with van der Waals surface area (Å²) in [6.45, 7) is 5.95. The molecule has 0 spiro atoms. The summed E-state index contributed by atoms with van der Waals surface area (Å²) >= 11 is 0. The highest BCUT2D eigenvalue weighted by atomic mass is 32.2. The molecular formula is C25H31FN2O5S. The highest BCUT2D eigenvalue weighted by molar-refractivity contribution is 7.90. The fourth-order valence-corrected chi connectivity index (χ4v) is 4.66. The number of hydrogen-bond acceptors (Lipinski definition) is 5. The molecule has 1 heterocycles. The smallest absolute Gasteiger partial charge is 0.251 e. The van der Waals surface area contributed by atoms with Gasteiger partial charge < -0.3 is 15.0 Å². The standard InChI is InChI=1S/C25H31FN2O5S/c1-25(2,3)20-9-6-17(15-21(20)26)27-24(30)23-19-8-7-18(33-4)14-16(19)10-12-28(23)22(29)11-13-34(5,31)32/h6-9,14-15,23H,10-13H2,1-5H3,(H,27,30)/t23-/m1/s1. The third kappa shape index (κ3) is 5.94. The molecule has 184 valence electrons. The molecule has 2 aromatic carbocycles. The predicted molar refractivity (Wildman–Crippen MR) is 129 cm³/mol. The Bertz CT molecular complexity index is 1200. The maximum absolute atomic E-state index is 14.7. The summed E-state index contributed by atoms with van der Waals surface area (Å²) in [5, 5.41) is 2.74. The van der Waals surface area contributed by atoms with Crippen LogP contribution in [0.1, 0.15) is 49.9 Å². The number of amides is 2. The van der Waals surface area contributed by atoms with Crippen LogP contribution < -0.4 is 10.1 Å². The monoisotopic (exact) mass is 490 g/mol. The summed E-state index contributed by atoms with van der Waals surface area (Å²) in [6.07, 6.45) is 1.34. The van der Waals surface area contributed by atoms with Crippen molar-refractivity contribution in [3.8, 4) is 5.75 Å². The number of halogens is 1. The molecule has 34 heavy (non-hydrogen) atoms. The average Bonchev–Trinajstić information content (AvgIpc) is 2.74. The first kappa shape index (κ1) is 25.7. The molecule has 1 atom stereocenters. The Morgan fingerprint density at radius 1 is 1.18 bits per heavy atom. The highest BCUT2D eigenvalue weighted by Crippen LogP contribution is 2.34. The number of ether oxygens (including phenoxy) is 1. The van der Waals surface area contributed by atoms with Crippen LogP contribution in [0.5, 0.6) is 5.75 Å². The molecule has 3 rings (SSSR count). The number of nitrogens with one attached hydrogen (secondary N) is 1. The van der Waals surface area contributed by atoms with Gasteiger partial charge in [-0.05, 0) is 52.8 Å². The molecule has 0 saturated carbocycles. The number of sulfone groups is 1. The van der Waals surface area contributed by atoms with E-state index in [-0.39, 0.29) is 24.4 Å². The number of hydrogen-bond donors (Lipinski definition) is 1. The molecule has 9 heteroatoms. The normalized spacial score (nSPS) is 16.1. The van der Waals surface area contributed by atoms with Gasteiger partial charge in [0.1, 0.15) is 27.4 Å². The van der Waals surface area contributed by atoms with Crippen LogP contribution in [0.15, 0.2) is 36.4 Å². The van der Waals surface area contributed by atoms with Crippen molar-refractivity contribution in [3.63, 3.8) is 0 Å². The van der Waals surface area contributed by atoms with Crippen LogP contribution in [0.4, 0.5) is 10.1 Å². The molecule has 0 bridgehead atoms. The van der Waals surface area contributed by atoms with E-state index in [0.29, 0.717) is 23.3 Å². The summed E-state index contributed by atoms with van der Waals surface area (Å²) in [4.78, 5) is 27.8. The maximum Gasteiger partial charge on any atom is 0.251 e. The molecular weight excluding hydrogens is 459 g/mol. The summed E-state index contributed by atoms with van der Waals surface area (Å²) in [7, 11) is -1.79. The molecule has 2 aromatic rings. The van der Waals surface area contributed by atoms with E-state index in [0.717, 1.165) is 11.8 Å². The van der Waals surface area contributed by atoms with Crippen LogP contribution in [0.25, 0.3) is 0 Å². The number of anilines is 1. The fourth-order valence-electron chi connectivity index (χ4n) is 4.11. The number of rotatable bonds is 6. The van der Waals surface area contributed by atoms with Gasteiger partial charge in [0.05, 0.1) is 12.9 Å². The van der Waals surface area contributed by atoms with Gasteiger partial charge in [-0.2, -0.15) is 0 Å². The van der Waals surface area contributed by atoms with Crippen LogP contribution in [-0.2, 0) is 31.3 Å². The van der Waals surface area contributed by atoms with Crippen LogP contribution in [0.2, 0.25) is 0 Å². The van der Waals surface area contributed by atoms with E-state index in [9.17, 15) is 22.4 Å². The van der Waals surface area contributed by atoms with Crippen molar-refractivity contribution in [1.82, 2.24) is 4.90 Å². The molecule has 1 N–H and O–H groups in total. The fraction of sp³-hybridized carbons (Fsp3) is 0.440. The quantitative estimate of drug-likeness (QED) is 0.668. The highest BCUT2D eigenvalue weighted by Gasteiger charge is 2.36. The summed E-state index contributed by atoms with van der Waals surface area (Å²) in [5.41, 5.74) is 1.90. The van der Waals surface area contributed by atoms with Crippen molar-refractivity contribution in [2.45, 2.75) is 45.1 Å². The van der Waals surface area contributed by atoms with Gasteiger partial charge in [0.15, 0.2) is 0 Å². The van der Waals surface area contributed by atoms with E-state index < -0.39 is 38.9 Å². The molecule has 0 unspecified atom stereocenters. The Balaban J connectivity index is 1.93. The zero-order valence-corrected chi connectivity index (χ0v) is 21.0. The lowest BCUT2D eigenvalue weighted by Crippen LogP contribution is -2.45. The van der Waals surface area contributed by atoms with Crippen molar-refractivity contribution in [2.24, 2.45) is 0 Å². The number of nitrogens with zero attached hydrogens (tertiary/aromatic N) is 1. The molecule has 1 aliphatic heterocycles. The molecule has 0 saturated heterocycles. The van der Waals surface area contributed by atoms with E-state index in [1.165, 1.54) is 11.0 Å². The number of carbonyl (C=O) groups is 2. The van der Waals surface area contributed by atoms with Crippen molar-refractivity contribution in [3.05, 3.63) is 58.9 Å². The van der Waals surface area contributed by atoms with E-state index in [1.807, 2.05) is 26.8 Å². The number of fused-ring (bicyclic) bond motifs is 1. The van der Waals surface area contributed by atoms with Gasteiger partial charge >= 0.3 is 0 Å². The molecule has 7 nitrogen and oxygen atoms in total. The predicted octanol–water partition coefficient (Wildman–Crippen LogP) is 3.63. The second-order valence-electron chi connectivity index (χ2n) is 9.62. The van der Waals surface area contributed by atoms with E-state index in [2.05, 4.69) is 5.32 Å².